The molecule has 2 aromatic rings. The Bertz CT molecular complexity index is 680. The number of hydrogen-bond acceptors (Lipinski definition) is 5. The van der Waals surface area contributed by atoms with Crippen molar-refractivity contribution < 1.29 is 0 Å². The van der Waals surface area contributed by atoms with E-state index < -0.39 is 0 Å². The first-order valence-corrected chi connectivity index (χ1v) is 5.73. The third-order valence-corrected chi connectivity index (χ3v) is 2.73. The van der Waals surface area contributed by atoms with Crippen molar-refractivity contribution in [3.05, 3.63) is 20.8 Å². The van der Waals surface area contributed by atoms with E-state index in [9.17, 15) is 9.59 Å². The molecule has 0 aliphatic rings. The Labute approximate surface area is 102 Å². The fourth-order valence-electron chi connectivity index (χ4n) is 1.79. The summed E-state index contributed by atoms with van der Waals surface area (Å²) in [6, 6.07) is 0. The van der Waals surface area contributed by atoms with Gasteiger partial charge in [0, 0.05) is 26.7 Å². The van der Waals surface area contributed by atoms with E-state index in [4.69, 9.17) is 5.73 Å². The lowest BCUT2D eigenvalue weighted by molar-refractivity contribution is 0.652. The van der Waals surface area contributed by atoms with E-state index in [1.165, 1.54) is 11.6 Å². The third kappa shape index (κ3) is 1.80. The van der Waals surface area contributed by atoms with E-state index >= 15 is 0 Å². The van der Waals surface area contributed by atoms with Crippen LogP contribution in [-0.4, -0.2) is 32.2 Å². The lowest BCUT2D eigenvalue weighted by Gasteiger charge is -2.04. The van der Waals surface area contributed by atoms with E-state index in [1.807, 2.05) is 6.92 Å². The summed E-state index contributed by atoms with van der Waals surface area (Å²) < 4.78 is 2.51. The number of hydrogen-bond donors (Lipinski definition) is 3. The van der Waals surface area contributed by atoms with Crippen molar-refractivity contribution in [3.63, 3.8) is 0 Å². The molecule has 0 aliphatic heterocycles. The van der Waals surface area contributed by atoms with Crippen molar-refractivity contribution in [1.29, 1.82) is 0 Å². The number of fused-ring (bicyclic) bond motifs is 1. The minimum atomic E-state index is -0.381. The van der Waals surface area contributed by atoms with Gasteiger partial charge in [-0.25, -0.2) is 4.79 Å². The summed E-state index contributed by atoms with van der Waals surface area (Å²) in [5.74, 6) is 0.445. The van der Waals surface area contributed by atoms with Crippen molar-refractivity contribution in [2.45, 2.75) is 13.5 Å². The predicted molar refractivity (Wildman–Crippen MR) is 68.8 cm³/mol. The minimum Gasteiger partial charge on any atom is -0.354 e. The summed E-state index contributed by atoms with van der Waals surface area (Å²) in [6.45, 7) is 3.27. The lowest BCUT2D eigenvalue weighted by Crippen LogP contribution is -2.37. The molecule has 0 unspecified atom stereocenters. The van der Waals surface area contributed by atoms with Gasteiger partial charge in [0.05, 0.1) is 0 Å². The van der Waals surface area contributed by atoms with Gasteiger partial charge in [0.2, 0.25) is 5.95 Å². The molecule has 0 spiro atoms. The Kier molecular flexibility index (Phi) is 3.19. The molecule has 4 N–H and O–H groups in total. The van der Waals surface area contributed by atoms with Crippen LogP contribution in [0.1, 0.15) is 6.92 Å². The van der Waals surface area contributed by atoms with Gasteiger partial charge in [0.25, 0.3) is 5.56 Å². The van der Waals surface area contributed by atoms with Crippen molar-refractivity contribution in [3.8, 4) is 0 Å². The number of nitrogens with zero attached hydrogens (tertiary/aromatic N) is 3. The zero-order chi connectivity index (χ0) is 13.3. The second-order valence-electron chi connectivity index (χ2n) is 3.89. The summed E-state index contributed by atoms with van der Waals surface area (Å²) in [5.41, 5.74) is 5.31. The van der Waals surface area contributed by atoms with Crippen molar-refractivity contribution in [2.75, 3.05) is 18.4 Å². The smallest absolute Gasteiger partial charge is 0.332 e. The molecule has 0 aromatic carbocycles. The Balaban J connectivity index is 2.71. The van der Waals surface area contributed by atoms with Crippen LogP contribution in [0.3, 0.4) is 0 Å². The zero-order valence-electron chi connectivity index (χ0n) is 10.4. The van der Waals surface area contributed by atoms with Crippen LogP contribution in [0.5, 0.6) is 0 Å². The molecule has 0 amide bonds. The Morgan fingerprint density at radius 1 is 1.44 bits per heavy atom. The Morgan fingerprint density at radius 2 is 2.17 bits per heavy atom. The van der Waals surface area contributed by atoms with Gasteiger partial charge >= 0.3 is 5.69 Å². The average Bonchev–Trinajstić information content (AvgIpc) is 2.78. The molecule has 8 nitrogen and oxygen atoms in total. The number of nitrogens with two attached hydrogens (primary N) is 1. The number of H-pyrrole nitrogens is 1. The summed E-state index contributed by atoms with van der Waals surface area (Å²) in [7, 11) is 1.45. The van der Waals surface area contributed by atoms with Crippen LogP contribution in [0, 0.1) is 0 Å². The molecule has 0 fully saturated rings. The maximum Gasteiger partial charge on any atom is 0.332 e. The van der Waals surface area contributed by atoms with Gasteiger partial charge < -0.3 is 16.0 Å². The largest absolute Gasteiger partial charge is 0.354 e. The molecule has 0 atom stereocenters. The second kappa shape index (κ2) is 4.65. The molecular formula is C10H16N6O2. The van der Waals surface area contributed by atoms with Gasteiger partial charge in [-0.1, -0.05) is 0 Å². The van der Waals surface area contributed by atoms with E-state index in [0.717, 1.165) is 4.57 Å². The molecule has 2 aromatic heterocycles. The van der Waals surface area contributed by atoms with Crippen LogP contribution < -0.4 is 22.3 Å². The predicted octanol–water partition coefficient (Wildman–Crippen LogP) is -1.19. The normalized spacial score (nSPS) is 11.1. The molecule has 0 aliphatic carbocycles. The van der Waals surface area contributed by atoms with Crippen LogP contribution in [0.15, 0.2) is 9.59 Å². The van der Waals surface area contributed by atoms with Crippen molar-refractivity contribution >= 4 is 17.1 Å². The lowest BCUT2D eigenvalue weighted by atomic mass is 10.5. The fourth-order valence-corrected chi connectivity index (χ4v) is 1.79. The van der Waals surface area contributed by atoms with Crippen LogP contribution in [-0.2, 0) is 13.6 Å². The summed E-state index contributed by atoms with van der Waals surface area (Å²) in [6.07, 6.45) is 0. The third-order valence-electron chi connectivity index (χ3n) is 2.73. The monoisotopic (exact) mass is 252 g/mol. The maximum absolute atomic E-state index is 11.9. The minimum absolute atomic E-state index is 0.318. The first kappa shape index (κ1) is 12.4. The molecule has 0 bridgehead atoms. The van der Waals surface area contributed by atoms with Crippen LogP contribution >= 0.6 is 0 Å². The molecule has 2 rings (SSSR count). The maximum atomic E-state index is 11.9. The topological polar surface area (TPSA) is 111 Å². The van der Waals surface area contributed by atoms with E-state index in [0.29, 0.717) is 36.7 Å². The highest BCUT2D eigenvalue weighted by Gasteiger charge is 2.14. The molecule has 0 saturated carbocycles. The molecule has 18 heavy (non-hydrogen) atoms. The number of nitrogens with one attached hydrogen (secondary N) is 2. The zero-order valence-corrected chi connectivity index (χ0v) is 10.4. The van der Waals surface area contributed by atoms with Gasteiger partial charge in [-0.15, -0.1) is 0 Å². The quantitative estimate of drug-likeness (QED) is 0.634. The van der Waals surface area contributed by atoms with Gasteiger partial charge in [0.1, 0.15) is 0 Å². The number of aromatic nitrogens is 4. The number of rotatable bonds is 4. The fraction of sp³-hybridized carbons (Fsp3) is 0.500. The van der Waals surface area contributed by atoms with E-state index in [2.05, 4.69) is 15.3 Å². The highest BCUT2D eigenvalue weighted by Crippen LogP contribution is 2.08. The Hall–Kier alpha value is -2.09. The molecule has 8 heteroatoms. The average molecular weight is 252 g/mol. The van der Waals surface area contributed by atoms with Crippen molar-refractivity contribution in [1.82, 2.24) is 19.1 Å². The summed E-state index contributed by atoms with van der Waals surface area (Å²) in [4.78, 5) is 30.9. The van der Waals surface area contributed by atoms with E-state index in [-0.39, 0.29) is 11.2 Å². The number of imidazole rings is 1. The SMILES string of the molecule is CCn1c(=O)n(C)c(=O)c2[nH]c(NCCN)nc21. The Morgan fingerprint density at radius 3 is 2.78 bits per heavy atom. The second-order valence-corrected chi connectivity index (χ2v) is 3.89. The number of anilines is 1. The molecule has 0 radical (unpaired) electrons. The van der Waals surface area contributed by atoms with E-state index in [1.54, 1.807) is 0 Å². The first-order valence-electron chi connectivity index (χ1n) is 5.73. The van der Waals surface area contributed by atoms with Gasteiger partial charge in [-0.3, -0.25) is 13.9 Å². The number of aryl methyl sites for hydroxylation is 1. The molecule has 0 saturated heterocycles. The molecule has 98 valence electrons. The highest BCUT2D eigenvalue weighted by molar-refractivity contribution is 5.72. The van der Waals surface area contributed by atoms with Crippen molar-refractivity contribution in [2.24, 2.45) is 12.8 Å². The van der Waals surface area contributed by atoms with Crippen LogP contribution in [0.25, 0.3) is 11.2 Å². The summed E-state index contributed by atoms with van der Waals surface area (Å²) in [5, 5.41) is 2.95. The standard InChI is InChI=1S/C10H16N6O2/c1-3-16-7-6(8(17)15(2)10(16)18)13-9(14-7)12-5-4-11/h3-5,11H2,1-2H3,(H2,12,13,14). The van der Waals surface area contributed by atoms with Gasteiger partial charge in [-0.2, -0.15) is 4.98 Å². The summed E-state index contributed by atoms with van der Waals surface area (Å²) >= 11 is 0. The first-order chi connectivity index (χ1) is 8.60. The molecule has 2 heterocycles. The van der Waals surface area contributed by atoms with Gasteiger partial charge in [-0.05, 0) is 6.92 Å². The van der Waals surface area contributed by atoms with Crippen LogP contribution in [0.2, 0.25) is 0 Å². The number of aromatic amines is 1. The highest BCUT2D eigenvalue weighted by atomic mass is 16.2. The molecular weight excluding hydrogens is 236 g/mol. The van der Waals surface area contributed by atoms with Gasteiger partial charge in [0.15, 0.2) is 11.2 Å². The van der Waals surface area contributed by atoms with Crippen LogP contribution in [0.4, 0.5) is 5.95 Å².